The van der Waals surface area contributed by atoms with Gasteiger partial charge in [0.1, 0.15) is 0 Å². The van der Waals surface area contributed by atoms with Crippen LogP contribution in [0.4, 0.5) is 0 Å². The van der Waals surface area contributed by atoms with Gasteiger partial charge in [0.05, 0.1) is 0 Å². The number of ketones is 1. The van der Waals surface area contributed by atoms with Gasteiger partial charge >= 0.3 is 5.97 Å². The first kappa shape index (κ1) is 20.1. The van der Waals surface area contributed by atoms with E-state index in [1.807, 2.05) is 24.3 Å². The molecule has 0 amide bonds. The van der Waals surface area contributed by atoms with Gasteiger partial charge in [-0.15, -0.1) is 0 Å². The Balaban J connectivity index is 2.53. The van der Waals surface area contributed by atoms with Crippen molar-refractivity contribution in [1.29, 1.82) is 0 Å². The van der Waals surface area contributed by atoms with Gasteiger partial charge in [0.15, 0.2) is 5.78 Å². The van der Waals surface area contributed by atoms with Gasteiger partial charge in [-0.25, -0.2) is 0 Å². The zero-order valence-electron chi connectivity index (χ0n) is 15.0. The normalized spacial score (nSPS) is 22.4. The van der Waals surface area contributed by atoms with Gasteiger partial charge in [-0.3, -0.25) is 9.59 Å². The molecule has 0 unspecified atom stereocenters. The smallest absolute Gasteiger partial charge is 0.303 e. The van der Waals surface area contributed by atoms with Crippen LogP contribution in [0.2, 0.25) is 0 Å². The third kappa shape index (κ3) is 7.12. The Morgan fingerprint density at radius 1 is 1.17 bits per heavy atom. The molecule has 0 saturated carbocycles. The average Bonchev–Trinajstić information content (AvgIpc) is 2.82. The van der Waals surface area contributed by atoms with Crippen molar-refractivity contribution in [2.75, 3.05) is 0 Å². The van der Waals surface area contributed by atoms with Gasteiger partial charge < -0.3 is 5.11 Å². The molecule has 1 aliphatic rings. The van der Waals surface area contributed by atoms with Gasteiger partial charge in [-0.1, -0.05) is 63.1 Å². The molecule has 3 nitrogen and oxygen atoms in total. The van der Waals surface area contributed by atoms with Crippen molar-refractivity contribution < 1.29 is 14.7 Å². The number of unbranched alkanes of at least 4 members (excludes halogenated alkanes) is 4. The molecule has 0 radical (unpaired) electrons. The summed E-state index contributed by atoms with van der Waals surface area (Å²) in [6.07, 6.45) is 20.9. The van der Waals surface area contributed by atoms with Crippen molar-refractivity contribution in [3.63, 3.8) is 0 Å². The van der Waals surface area contributed by atoms with Gasteiger partial charge in [-0.2, -0.15) is 0 Å². The van der Waals surface area contributed by atoms with E-state index in [2.05, 4.69) is 26.0 Å². The Morgan fingerprint density at radius 3 is 2.62 bits per heavy atom. The van der Waals surface area contributed by atoms with E-state index in [1.54, 1.807) is 6.08 Å². The highest BCUT2D eigenvalue weighted by atomic mass is 16.4. The predicted octanol–water partition coefficient (Wildman–Crippen LogP) is 5.40. The van der Waals surface area contributed by atoms with Crippen LogP contribution in [0, 0.1) is 5.41 Å². The molecular weight excluding hydrogens is 300 g/mol. The largest absolute Gasteiger partial charge is 0.481 e. The number of hydrogen-bond acceptors (Lipinski definition) is 2. The summed E-state index contributed by atoms with van der Waals surface area (Å²) in [5.74, 6) is -0.661. The van der Waals surface area contributed by atoms with E-state index in [9.17, 15) is 9.59 Å². The predicted molar refractivity (Wildman–Crippen MR) is 98.9 cm³/mol. The van der Waals surface area contributed by atoms with E-state index in [0.29, 0.717) is 6.42 Å². The highest BCUT2D eigenvalue weighted by Crippen LogP contribution is 2.38. The Labute approximate surface area is 145 Å². The standard InChI is InChI=1S/C21H30O3/c1-3-4-5-6-7-10-13-18-19(22)15-17-21(18,2)16-12-9-8-11-14-20(23)24/h7,9-10,12-13,15,17H,3-6,8,11,14,16H2,1-2H3,(H,23,24)/b10-7+,12-9-,18-13-/t21-/m0/s1. The molecule has 0 spiro atoms. The van der Waals surface area contributed by atoms with E-state index in [0.717, 1.165) is 24.8 Å². The Kier molecular flexibility index (Phi) is 9.06. The summed E-state index contributed by atoms with van der Waals surface area (Å²) < 4.78 is 0. The summed E-state index contributed by atoms with van der Waals surface area (Å²) in [7, 11) is 0. The SMILES string of the molecule is CCCCC/C=C/C=C1/C(=O)C=C[C@]1(C)C/C=C\CCCC(=O)O. The van der Waals surface area contributed by atoms with E-state index >= 15 is 0 Å². The number of rotatable bonds is 11. The van der Waals surface area contributed by atoms with Gasteiger partial charge in [0.2, 0.25) is 0 Å². The zero-order chi connectivity index (χ0) is 17.8. The number of aliphatic carboxylic acids is 1. The quantitative estimate of drug-likeness (QED) is 0.314. The van der Waals surface area contributed by atoms with Crippen molar-refractivity contribution in [3.8, 4) is 0 Å². The fourth-order valence-corrected chi connectivity index (χ4v) is 2.76. The molecule has 0 bridgehead atoms. The first-order chi connectivity index (χ1) is 11.5. The second-order valence-electron chi connectivity index (χ2n) is 6.58. The second kappa shape index (κ2) is 10.8. The highest BCUT2D eigenvalue weighted by Gasteiger charge is 2.33. The fourth-order valence-electron chi connectivity index (χ4n) is 2.76. The Hall–Kier alpha value is -1.90. The van der Waals surface area contributed by atoms with Gasteiger partial charge in [0, 0.05) is 17.4 Å². The minimum Gasteiger partial charge on any atom is -0.481 e. The molecule has 0 aliphatic heterocycles. The van der Waals surface area contributed by atoms with Crippen molar-refractivity contribution in [3.05, 3.63) is 48.1 Å². The molecular formula is C21H30O3. The van der Waals surface area contributed by atoms with Crippen LogP contribution in [0.1, 0.15) is 65.2 Å². The monoisotopic (exact) mass is 330 g/mol. The van der Waals surface area contributed by atoms with Crippen molar-refractivity contribution in [1.82, 2.24) is 0 Å². The molecule has 0 heterocycles. The molecule has 1 N–H and O–H groups in total. The minimum absolute atomic E-state index is 0.0926. The summed E-state index contributed by atoms with van der Waals surface area (Å²) in [5.41, 5.74) is 0.582. The maximum Gasteiger partial charge on any atom is 0.303 e. The van der Waals surface area contributed by atoms with E-state index in [4.69, 9.17) is 5.11 Å². The highest BCUT2D eigenvalue weighted by molar-refractivity contribution is 6.08. The molecule has 24 heavy (non-hydrogen) atoms. The van der Waals surface area contributed by atoms with Gasteiger partial charge in [-0.05, 0) is 38.2 Å². The third-order valence-electron chi connectivity index (χ3n) is 4.33. The summed E-state index contributed by atoms with van der Waals surface area (Å²) >= 11 is 0. The van der Waals surface area contributed by atoms with Crippen LogP contribution in [0.15, 0.2) is 48.1 Å². The lowest BCUT2D eigenvalue weighted by atomic mass is 9.81. The summed E-state index contributed by atoms with van der Waals surface area (Å²) in [4.78, 5) is 22.6. The van der Waals surface area contributed by atoms with Crippen LogP contribution in [0.3, 0.4) is 0 Å². The zero-order valence-corrected chi connectivity index (χ0v) is 15.0. The van der Waals surface area contributed by atoms with Crippen LogP contribution >= 0.6 is 0 Å². The number of carboxylic acid groups (broad SMARTS) is 1. The molecule has 3 heteroatoms. The molecule has 1 rings (SSSR count). The summed E-state index contributed by atoms with van der Waals surface area (Å²) in [6, 6.07) is 0. The fraction of sp³-hybridized carbons (Fsp3) is 0.524. The van der Waals surface area contributed by atoms with Crippen molar-refractivity contribution >= 4 is 11.8 Å². The van der Waals surface area contributed by atoms with Crippen LogP contribution in [0.5, 0.6) is 0 Å². The molecule has 132 valence electrons. The van der Waals surface area contributed by atoms with Crippen molar-refractivity contribution in [2.24, 2.45) is 5.41 Å². The first-order valence-corrected chi connectivity index (χ1v) is 8.97. The van der Waals surface area contributed by atoms with Gasteiger partial charge in [0.25, 0.3) is 0 Å². The molecule has 0 saturated heterocycles. The maximum atomic E-state index is 12.1. The minimum atomic E-state index is -0.754. The van der Waals surface area contributed by atoms with E-state index in [-0.39, 0.29) is 17.6 Å². The summed E-state index contributed by atoms with van der Waals surface area (Å²) in [6.45, 7) is 4.27. The summed E-state index contributed by atoms with van der Waals surface area (Å²) in [5, 5.41) is 8.61. The molecule has 1 atom stereocenters. The topological polar surface area (TPSA) is 54.4 Å². The Bertz CT molecular complexity index is 537. The lowest BCUT2D eigenvalue weighted by Crippen LogP contribution is -2.15. The number of carbonyl (C=O) groups is 2. The molecule has 0 aromatic heterocycles. The number of allylic oxidation sites excluding steroid dienone is 8. The first-order valence-electron chi connectivity index (χ1n) is 8.97. The number of carbonyl (C=O) groups excluding carboxylic acids is 1. The maximum absolute atomic E-state index is 12.1. The van der Waals surface area contributed by atoms with Crippen LogP contribution < -0.4 is 0 Å². The number of hydrogen-bond donors (Lipinski definition) is 1. The lowest BCUT2D eigenvalue weighted by molar-refractivity contribution is -0.137. The molecule has 0 aromatic rings. The second-order valence-corrected chi connectivity index (χ2v) is 6.58. The van der Waals surface area contributed by atoms with Crippen LogP contribution in [-0.2, 0) is 9.59 Å². The molecule has 0 fully saturated rings. The van der Waals surface area contributed by atoms with E-state index in [1.165, 1.54) is 19.3 Å². The van der Waals surface area contributed by atoms with E-state index < -0.39 is 5.97 Å². The number of carboxylic acids is 1. The Morgan fingerprint density at radius 2 is 1.92 bits per heavy atom. The lowest BCUT2D eigenvalue weighted by Gasteiger charge is -2.21. The average molecular weight is 330 g/mol. The van der Waals surface area contributed by atoms with Crippen LogP contribution in [-0.4, -0.2) is 16.9 Å². The third-order valence-corrected chi connectivity index (χ3v) is 4.33. The molecule has 1 aliphatic carbocycles. The van der Waals surface area contributed by atoms with Crippen molar-refractivity contribution in [2.45, 2.75) is 65.2 Å². The van der Waals surface area contributed by atoms with Crippen LogP contribution in [0.25, 0.3) is 0 Å². The molecule has 0 aromatic carbocycles.